The van der Waals surface area contributed by atoms with E-state index in [1.54, 1.807) is 0 Å². The lowest BCUT2D eigenvalue weighted by atomic mass is 9.95. The third-order valence-electron chi connectivity index (χ3n) is 16.2. The Hall–Kier alpha value is -1.76. The van der Waals surface area contributed by atoms with Gasteiger partial charge in [0.2, 0.25) is 0 Å². The van der Waals surface area contributed by atoms with Crippen LogP contribution in [-0.2, 0) is 75.9 Å². The molecule has 37 atom stereocenters. The van der Waals surface area contributed by atoms with Gasteiger partial charge in [0.1, 0.15) is 171 Å². The molecule has 21 heterocycles. The molecule has 25 N–H and O–H groups in total. The van der Waals surface area contributed by atoms with Gasteiger partial charge in [0.05, 0.1) is 45.2 Å². The van der Waals surface area contributed by atoms with Gasteiger partial charge < -0.3 is 185 Å². The average molecular weight is 1340 g/mol. The quantitative estimate of drug-likeness (QED) is 0.0724. The Bertz CT molecular complexity index is 2200. The van der Waals surface area contributed by atoms with Crippen LogP contribution in [0.4, 0.5) is 0 Å². The highest BCUT2D eigenvalue weighted by atomic mass is 32.2. The molecule has 15 unspecified atom stereocenters. The third-order valence-corrected chi connectivity index (χ3v) is 18.5. The second-order valence-corrected chi connectivity index (χ2v) is 24.4. The fraction of sp³-hybridized carbons (Fsp3) is 0.958. The maximum atomic E-state index is 11.7. The number of aliphatic hydroxyl groups excluding tert-OH is 19. The van der Waals surface area contributed by atoms with Crippen molar-refractivity contribution in [2.24, 2.45) is 11.5 Å². The summed E-state index contributed by atoms with van der Waals surface area (Å²) in [6.07, 6.45) is -71.4. The molecular formula is C48H80N2O37S2. The lowest BCUT2D eigenvalue weighted by Crippen LogP contribution is -2.68. The molecule has 21 saturated heterocycles. The van der Waals surface area contributed by atoms with Gasteiger partial charge in [0, 0.05) is 23.0 Å². The number of carbonyl (C=O) groups is 2. The molecule has 21 fully saturated rings. The molecule has 89 heavy (non-hydrogen) atoms. The molecule has 0 saturated carbocycles. The van der Waals surface area contributed by atoms with Gasteiger partial charge in [-0.2, -0.15) is 23.5 Å². The second-order valence-electron chi connectivity index (χ2n) is 22.3. The van der Waals surface area contributed by atoms with Crippen molar-refractivity contribution in [1.82, 2.24) is 0 Å². The van der Waals surface area contributed by atoms with E-state index in [-0.39, 0.29) is 11.5 Å². The Morgan fingerprint density at radius 2 is 0.438 bits per heavy atom. The predicted octanol–water partition coefficient (Wildman–Crippen LogP) is -14.9. The normalized spacial score (nSPS) is 50.1. The molecular weight excluding hydrogens is 1260 g/mol. The van der Waals surface area contributed by atoms with Gasteiger partial charge in [-0.15, -0.1) is 0 Å². The molecule has 14 bridgehead atoms. The fourth-order valence-electron chi connectivity index (χ4n) is 11.2. The summed E-state index contributed by atoms with van der Waals surface area (Å²) >= 11 is 1.60. The van der Waals surface area contributed by atoms with Gasteiger partial charge >= 0.3 is 11.9 Å². The largest absolute Gasteiger partial charge is 0.480 e. The third kappa shape index (κ3) is 15.9. The molecule has 0 radical (unpaired) electrons. The van der Waals surface area contributed by atoms with Crippen molar-refractivity contribution in [2.45, 2.75) is 227 Å². The molecule has 0 aromatic carbocycles. The second kappa shape index (κ2) is 31.9. The first-order valence-corrected chi connectivity index (χ1v) is 30.4. The minimum absolute atomic E-state index is 0.319. The van der Waals surface area contributed by atoms with E-state index in [1.165, 1.54) is 0 Å². The van der Waals surface area contributed by atoms with Crippen molar-refractivity contribution < 1.29 is 183 Å². The minimum Gasteiger partial charge on any atom is -0.480 e. The zero-order valence-electron chi connectivity index (χ0n) is 46.6. The number of thioether (sulfide) groups is 2. The number of ether oxygens (including phenoxy) is 14. The molecule has 21 rings (SSSR count). The van der Waals surface area contributed by atoms with Crippen molar-refractivity contribution in [1.29, 1.82) is 0 Å². The van der Waals surface area contributed by atoms with Crippen LogP contribution in [0.3, 0.4) is 0 Å². The van der Waals surface area contributed by atoms with E-state index < -0.39 is 284 Å². The topological polar surface area (TPSA) is 640 Å². The number of carboxylic acid groups (broad SMARTS) is 2. The maximum absolute atomic E-state index is 11.7. The number of hydrogen-bond donors (Lipinski definition) is 23. The molecule has 0 aromatic rings. The van der Waals surface area contributed by atoms with Crippen LogP contribution in [-0.4, -0.2) is 402 Å². The Labute approximate surface area is 511 Å². The number of hydrogen-bond acceptors (Lipinski definition) is 39. The number of aliphatic hydroxyl groups is 19. The van der Waals surface area contributed by atoms with Crippen LogP contribution >= 0.6 is 23.5 Å². The lowest BCUT2D eigenvalue weighted by molar-refractivity contribution is -0.395. The Morgan fingerprint density at radius 3 is 0.596 bits per heavy atom. The van der Waals surface area contributed by atoms with Crippen LogP contribution < -0.4 is 11.5 Å². The fourth-order valence-corrected chi connectivity index (χ4v) is 13.2. The summed E-state index contributed by atoms with van der Waals surface area (Å²) in [6.45, 7) is -5.43. The summed E-state index contributed by atoms with van der Waals surface area (Å²) in [4.78, 5) is 23.2. The molecule has 39 nitrogen and oxygen atoms in total. The van der Waals surface area contributed by atoms with E-state index in [1.807, 2.05) is 0 Å². The number of rotatable bonds is 15. The predicted molar refractivity (Wildman–Crippen MR) is 280 cm³/mol. The Balaban J connectivity index is 1.11. The highest BCUT2D eigenvalue weighted by Crippen LogP contribution is 2.40. The van der Waals surface area contributed by atoms with Crippen LogP contribution in [0.15, 0.2) is 0 Å². The zero-order valence-corrected chi connectivity index (χ0v) is 48.3. The summed E-state index contributed by atoms with van der Waals surface area (Å²) in [5.74, 6) is -4.26. The average Bonchev–Trinajstić information content (AvgIpc) is 0.884. The zero-order chi connectivity index (χ0) is 65.2. The Morgan fingerprint density at radius 1 is 0.281 bits per heavy atom. The summed E-state index contributed by atoms with van der Waals surface area (Å²) in [5.41, 5.74) is 11.4. The van der Waals surface area contributed by atoms with Gasteiger partial charge in [-0.05, 0) is 0 Å². The molecule has 516 valence electrons. The smallest absolute Gasteiger partial charge is 0.321 e. The van der Waals surface area contributed by atoms with Crippen molar-refractivity contribution in [2.75, 3.05) is 56.0 Å². The van der Waals surface area contributed by atoms with Gasteiger partial charge in [0.15, 0.2) is 44.0 Å². The van der Waals surface area contributed by atoms with E-state index in [0.717, 1.165) is 23.5 Å². The summed E-state index contributed by atoms with van der Waals surface area (Å²) in [5, 5.41) is 233. The molecule has 41 heteroatoms. The van der Waals surface area contributed by atoms with Crippen molar-refractivity contribution in [3.8, 4) is 0 Å². The monoisotopic (exact) mass is 1340 g/mol. The first kappa shape index (κ1) is 73.1. The summed E-state index contributed by atoms with van der Waals surface area (Å²) < 4.78 is 81.6. The molecule has 21 aliphatic rings. The molecule has 0 aromatic heterocycles. The SMILES string of the molecule is N[C@H](CSCC1O[C@H]2O[C@@H]3C(CO)O[C@H](O[C@@H]4C(CO)O[C@H](O[C@@H]5C(CO)O[C@H](O[C@@H]6C(CSC[C@@H](N)C(=O)O)O[C@H](O[C@@H]7C(CO)O[C@@H](O[C@@H]8C(CO)O[C@@H](OC1[C@H](O)C2O)C(O)[C@H]8O)C(O)[C@H]7O)C(O)[C@H]6O)C(O)[C@H]5O)C(O)[C@H]4O)C(O)[C@H]3O)C(=O)O. The molecule has 0 amide bonds. The molecule has 0 aliphatic carbocycles. The van der Waals surface area contributed by atoms with Crippen LogP contribution in [0, 0.1) is 0 Å². The van der Waals surface area contributed by atoms with E-state index >= 15 is 0 Å². The lowest BCUT2D eigenvalue weighted by Gasteiger charge is -2.50. The standard InChI is InChI=1S/C48H80N2O37S2/c49-10(40(70)71)6-88-8-17-38-25(62)32(69)48(80-17)85-37-16(5-55)76-44(28(65)21(37)58)83-35-14(3-53)78-46(30(67)23(35)60)87-39-18(9-89-7-11(50)41(72)73)79-47(31(68)24(39)61)84-36-15(4-54)75-43(27(64)20(36)57)81-33-12(1-51)74-42(26(63)19(33)56)82-34-13(2-52)77-45(86-38)29(66)22(34)59/h10-39,42-48,51-69H,1-9,49-50H2,(H,70,71)(H,72,73)/t10-,11-,12?,13?,14?,15?,16?,17?,18?,19-,20-,21-,22-,23-,24-,25-,26?,27?,28?,29?,30?,31?,32?,33-,34-,35-,36-,37-,38-,39?,42-,43-,44+,45-,46+,47+,48-/m1/s1. The molecule has 0 spiro atoms. The van der Waals surface area contributed by atoms with Crippen LogP contribution in [0.2, 0.25) is 0 Å². The highest BCUT2D eigenvalue weighted by Gasteiger charge is 2.60. The van der Waals surface area contributed by atoms with Crippen LogP contribution in [0.5, 0.6) is 0 Å². The van der Waals surface area contributed by atoms with E-state index in [2.05, 4.69) is 0 Å². The van der Waals surface area contributed by atoms with Gasteiger partial charge in [-0.3, -0.25) is 9.59 Å². The summed E-state index contributed by atoms with van der Waals surface area (Å²) in [7, 11) is 0. The van der Waals surface area contributed by atoms with Crippen molar-refractivity contribution in [3.63, 3.8) is 0 Å². The highest BCUT2D eigenvalue weighted by molar-refractivity contribution is 7.99. The first-order valence-electron chi connectivity index (χ1n) is 28.1. The molecule has 21 aliphatic heterocycles. The van der Waals surface area contributed by atoms with Gasteiger partial charge in [-0.25, -0.2) is 0 Å². The number of aliphatic carboxylic acids is 2. The maximum Gasteiger partial charge on any atom is 0.321 e. The minimum atomic E-state index is -2.27. The van der Waals surface area contributed by atoms with E-state index in [9.17, 15) is 117 Å². The van der Waals surface area contributed by atoms with Gasteiger partial charge in [0.25, 0.3) is 0 Å². The number of carboxylic acids is 2. The van der Waals surface area contributed by atoms with Crippen LogP contribution in [0.25, 0.3) is 0 Å². The van der Waals surface area contributed by atoms with Crippen LogP contribution in [0.1, 0.15) is 0 Å². The van der Waals surface area contributed by atoms with E-state index in [0.29, 0.717) is 0 Å². The first-order chi connectivity index (χ1) is 42.2. The van der Waals surface area contributed by atoms with Crippen molar-refractivity contribution in [3.05, 3.63) is 0 Å². The number of nitrogens with two attached hydrogens (primary N) is 2. The van der Waals surface area contributed by atoms with Gasteiger partial charge in [-0.1, -0.05) is 0 Å². The summed E-state index contributed by atoms with van der Waals surface area (Å²) in [6, 6.07) is -2.94. The Kier molecular flexibility index (Phi) is 26.2. The van der Waals surface area contributed by atoms with Crippen molar-refractivity contribution >= 4 is 35.5 Å². The van der Waals surface area contributed by atoms with E-state index in [4.69, 9.17) is 77.8 Å².